The number of carbonyl (C=O) groups excluding carboxylic acids is 2. The maximum absolute atomic E-state index is 14.5. The third-order valence-electron chi connectivity index (χ3n) is 7.24. The van der Waals surface area contributed by atoms with Gasteiger partial charge >= 0.3 is 0 Å². The second-order valence-corrected chi connectivity index (χ2v) is 13.7. The van der Waals surface area contributed by atoms with Gasteiger partial charge in [0.1, 0.15) is 12.6 Å². The minimum Gasteiger partial charge on any atom is -0.352 e. The standard InChI is InChI=1S/C34H35BrClN3O4S/c1-3-25(2)37-34(41)32(21-26-11-6-4-7-12-26)38(23-27-17-19-29(36)20-18-27)33(40)24-39(30-14-10-13-28(35)22-30)44(42,43)31-15-8-5-9-16-31/h4-20,22,25,32H,3,21,23-24H2,1-2H3,(H,37,41)/t25-,32+/m0/s1. The number of benzene rings is 4. The van der Waals surface area contributed by atoms with E-state index in [4.69, 9.17) is 11.6 Å². The lowest BCUT2D eigenvalue weighted by atomic mass is 10.0. The van der Waals surface area contributed by atoms with Gasteiger partial charge in [0.25, 0.3) is 10.0 Å². The number of anilines is 1. The molecule has 44 heavy (non-hydrogen) atoms. The van der Waals surface area contributed by atoms with Crippen LogP contribution in [0.5, 0.6) is 0 Å². The molecule has 2 atom stereocenters. The van der Waals surface area contributed by atoms with Crippen LogP contribution < -0.4 is 9.62 Å². The van der Waals surface area contributed by atoms with E-state index in [0.717, 1.165) is 15.4 Å². The average molecular weight is 697 g/mol. The molecule has 4 aromatic rings. The van der Waals surface area contributed by atoms with E-state index in [1.54, 1.807) is 66.7 Å². The van der Waals surface area contributed by atoms with Crippen LogP contribution in [0.25, 0.3) is 0 Å². The number of nitrogens with one attached hydrogen (secondary N) is 1. The van der Waals surface area contributed by atoms with Crippen molar-refractivity contribution in [1.29, 1.82) is 0 Å². The maximum atomic E-state index is 14.5. The molecule has 10 heteroatoms. The zero-order chi connectivity index (χ0) is 31.7. The molecule has 4 aromatic carbocycles. The monoisotopic (exact) mass is 695 g/mol. The Labute approximate surface area is 273 Å². The van der Waals surface area contributed by atoms with Crippen molar-refractivity contribution in [3.63, 3.8) is 0 Å². The Balaban J connectivity index is 1.80. The summed E-state index contributed by atoms with van der Waals surface area (Å²) in [6.45, 7) is 3.42. The van der Waals surface area contributed by atoms with Gasteiger partial charge in [0.15, 0.2) is 0 Å². The third kappa shape index (κ3) is 8.71. The molecule has 0 bridgehead atoms. The number of carbonyl (C=O) groups is 2. The van der Waals surface area contributed by atoms with Crippen LogP contribution in [0.2, 0.25) is 5.02 Å². The second kappa shape index (κ2) is 15.4. The normalized spacial score (nSPS) is 12.6. The van der Waals surface area contributed by atoms with Crippen molar-refractivity contribution in [3.05, 3.63) is 130 Å². The van der Waals surface area contributed by atoms with E-state index in [1.807, 2.05) is 44.2 Å². The van der Waals surface area contributed by atoms with Gasteiger partial charge in [0.2, 0.25) is 11.8 Å². The minimum absolute atomic E-state index is 0.0485. The van der Waals surface area contributed by atoms with E-state index in [1.165, 1.54) is 17.0 Å². The lowest BCUT2D eigenvalue weighted by Crippen LogP contribution is -2.54. The Hall–Kier alpha value is -3.66. The molecule has 0 aliphatic heterocycles. The Morgan fingerprint density at radius 3 is 2.11 bits per heavy atom. The van der Waals surface area contributed by atoms with Crippen molar-refractivity contribution in [1.82, 2.24) is 10.2 Å². The van der Waals surface area contributed by atoms with E-state index >= 15 is 0 Å². The minimum atomic E-state index is -4.16. The molecule has 0 aliphatic rings. The predicted molar refractivity (Wildman–Crippen MR) is 179 cm³/mol. The fraction of sp³-hybridized carbons (Fsp3) is 0.235. The van der Waals surface area contributed by atoms with Crippen LogP contribution in [0.1, 0.15) is 31.4 Å². The van der Waals surface area contributed by atoms with Crippen LogP contribution in [0, 0.1) is 0 Å². The summed E-state index contributed by atoms with van der Waals surface area (Å²) in [4.78, 5) is 29.8. The summed E-state index contributed by atoms with van der Waals surface area (Å²) in [6, 6.07) is 30.2. The summed E-state index contributed by atoms with van der Waals surface area (Å²) in [5.41, 5.74) is 1.93. The van der Waals surface area contributed by atoms with Gasteiger partial charge in [-0.2, -0.15) is 0 Å². The van der Waals surface area contributed by atoms with Crippen LogP contribution in [0.3, 0.4) is 0 Å². The maximum Gasteiger partial charge on any atom is 0.264 e. The summed E-state index contributed by atoms with van der Waals surface area (Å²) in [6.07, 6.45) is 0.950. The highest BCUT2D eigenvalue weighted by Crippen LogP contribution is 2.27. The molecule has 230 valence electrons. The SMILES string of the molecule is CC[C@H](C)NC(=O)[C@@H](Cc1ccccc1)N(Cc1ccc(Cl)cc1)C(=O)CN(c1cccc(Br)c1)S(=O)(=O)c1ccccc1. The van der Waals surface area contributed by atoms with E-state index in [-0.39, 0.29) is 29.8 Å². The van der Waals surface area contributed by atoms with Gasteiger partial charge in [0, 0.05) is 28.5 Å². The highest BCUT2D eigenvalue weighted by Gasteiger charge is 2.35. The lowest BCUT2D eigenvalue weighted by molar-refractivity contribution is -0.140. The van der Waals surface area contributed by atoms with Gasteiger partial charge in [-0.3, -0.25) is 13.9 Å². The van der Waals surface area contributed by atoms with Gasteiger partial charge in [-0.05, 0) is 66.9 Å². The summed E-state index contributed by atoms with van der Waals surface area (Å²) in [7, 11) is -4.16. The van der Waals surface area contributed by atoms with Crippen molar-refractivity contribution in [2.24, 2.45) is 0 Å². The predicted octanol–water partition coefficient (Wildman–Crippen LogP) is 6.85. The van der Waals surface area contributed by atoms with E-state index in [0.29, 0.717) is 21.6 Å². The molecule has 0 fully saturated rings. The molecule has 2 amide bonds. The fourth-order valence-electron chi connectivity index (χ4n) is 4.66. The topological polar surface area (TPSA) is 86.8 Å². The number of nitrogens with zero attached hydrogens (tertiary/aromatic N) is 2. The number of sulfonamides is 1. The number of hydrogen-bond donors (Lipinski definition) is 1. The molecule has 0 saturated carbocycles. The Morgan fingerprint density at radius 1 is 0.864 bits per heavy atom. The molecule has 0 spiro atoms. The molecule has 0 aliphatic carbocycles. The molecule has 0 aromatic heterocycles. The van der Waals surface area contributed by atoms with Gasteiger partial charge in [-0.1, -0.05) is 101 Å². The molecule has 0 heterocycles. The summed E-state index contributed by atoms with van der Waals surface area (Å²) in [5, 5.41) is 3.58. The Kier molecular flexibility index (Phi) is 11.6. The molecular formula is C34H35BrClN3O4S. The molecule has 4 rings (SSSR count). The zero-order valence-corrected chi connectivity index (χ0v) is 27.7. The van der Waals surface area contributed by atoms with Crippen LogP contribution in [0.4, 0.5) is 5.69 Å². The molecule has 7 nitrogen and oxygen atoms in total. The van der Waals surface area contributed by atoms with Gasteiger partial charge in [-0.25, -0.2) is 8.42 Å². The first-order valence-electron chi connectivity index (χ1n) is 14.3. The van der Waals surface area contributed by atoms with Crippen molar-refractivity contribution in [2.45, 2.75) is 50.2 Å². The third-order valence-corrected chi connectivity index (χ3v) is 9.78. The first-order chi connectivity index (χ1) is 21.1. The lowest BCUT2D eigenvalue weighted by Gasteiger charge is -2.34. The molecule has 0 unspecified atom stereocenters. The van der Waals surface area contributed by atoms with Crippen molar-refractivity contribution < 1.29 is 18.0 Å². The van der Waals surface area contributed by atoms with Crippen molar-refractivity contribution in [3.8, 4) is 0 Å². The van der Waals surface area contributed by atoms with Crippen LogP contribution in [0.15, 0.2) is 119 Å². The quantitative estimate of drug-likeness (QED) is 0.166. The molecule has 0 saturated heterocycles. The van der Waals surface area contributed by atoms with Gasteiger partial charge in [-0.15, -0.1) is 0 Å². The fourth-order valence-corrected chi connectivity index (χ4v) is 6.60. The summed E-state index contributed by atoms with van der Waals surface area (Å²) >= 11 is 9.57. The molecule has 0 radical (unpaired) electrons. The van der Waals surface area contributed by atoms with Crippen LogP contribution in [-0.4, -0.2) is 43.8 Å². The van der Waals surface area contributed by atoms with Gasteiger partial charge < -0.3 is 10.2 Å². The highest BCUT2D eigenvalue weighted by molar-refractivity contribution is 9.10. The van der Waals surface area contributed by atoms with Crippen molar-refractivity contribution in [2.75, 3.05) is 10.8 Å². The highest BCUT2D eigenvalue weighted by atomic mass is 79.9. The van der Waals surface area contributed by atoms with Gasteiger partial charge in [0.05, 0.1) is 10.6 Å². The number of hydrogen-bond acceptors (Lipinski definition) is 4. The number of amides is 2. The molecule has 1 N–H and O–H groups in total. The Morgan fingerprint density at radius 2 is 1.50 bits per heavy atom. The Bertz CT molecular complexity index is 1660. The summed E-state index contributed by atoms with van der Waals surface area (Å²) < 4.78 is 29.8. The van der Waals surface area contributed by atoms with Crippen LogP contribution in [-0.2, 0) is 32.6 Å². The zero-order valence-electron chi connectivity index (χ0n) is 24.6. The second-order valence-electron chi connectivity index (χ2n) is 10.5. The van der Waals surface area contributed by atoms with E-state index in [9.17, 15) is 18.0 Å². The number of halogens is 2. The van der Waals surface area contributed by atoms with E-state index in [2.05, 4.69) is 21.2 Å². The summed E-state index contributed by atoms with van der Waals surface area (Å²) in [5.74, 6) is -0.842. The smallest absolute Gasteiger partial charge is 0.264 e. The largest absolute Gasteiger partial charge is 0.352 e. The average Bonchev–Trinajstić information content (AvgIpc) is 3.03. The first kappa shape index (κ1) is 33.2. The molecular weight excluding hydrogens is 662 g/mol. The number of rotatable bonds is 13. The van der Waals surface area contributed by atoms with E-state index < -0.39 is 28.5 Å². The first-order valence-corrected chi connectivity index (χ1v) is 16.9. The van der Waals surface area contributed by atoms with Crippen LogP contribution >= 0.6 is 27.5 Å². The van der Waals surface area contributed by atoms with Crippen molar-refractivity contribution >= 4 is 55.1 Å².